The van der Waals surface area contributed by atoms with Gasteiger partial charge in [0.25, 0.3) is 0 Å². The van der Waals surface area contributed by atoms with Gasteiger partial charge in [-0.15, -0.1) is 0 Å². The van der Waals surface area contributed by atoms with Gasteiger partial charge in [-0.3, -0.25) is 15.0 Å². The quantitative estimate of drug-likeness (QED) is 0.164. The molecule has 0 saturated heterocycles. The smallest absolute Gasteiger partial charge is 0.433 e. The molecule has 0 fully saturated rings. The van der Waals surface area contributed by atoms with E-state index in [0.717, 1.165) is 40.4 Å². The number of rotatable bonds is 2. The minimum atomic E-state index is -4.61. The third kappa shape index (κ3) is 14.7. The second kappa shape index (κ2) is 16.1. The van der Waals surface area contributed by atoms with Crippen LogP contribution < -0.4 is 0 Å². The number of carboxylic acid groups (broad SMARTS) is 1. The number of aliphatic hydroxyl groups is 1. The zero-order valence-corrected chi connectivity index (χ0v) is 25.3. The molecule has 14 heteroatoms. The third-order valence-corrected chi connectivity index (χ3v) is 5.36. The van der Waals surface area contributed by atoms with E-state index in [2.05, 4.69) is 35.9 Å². The summed E-state index contributed by atoms with van der Waals surface area (Å²) in [5, 5.41) is 17.9. The van der Waals surface area contributed by atoms with Gasteiger partial charge in [0.2, 0.25) is 0 Å². The number of aromatic carboxylic acids is 1. The normalized spacial score (nSPS) is 11.1. The molecule has 0 unspecified atom stereocenters. The van der Waals surface area contributed by atoms with Gasteiger partial charge in [-0.25, -0.2) is 9.78 Å². The highest BCUT2D eigenvalue weighted by Gasteiger charge is 2.33. The Kier molecular flexibility index (Phi) is 13.9. The Morgan fingerprint density at radius 3 is 1.33 bits per heavy atom. The van der Waals surface area contributed by atoms with E-state index in [4.69, 9.17) is 5.11 Å². The Hall–Kier alpha value is -3.91. The summed E-state index contributed by atoms with van der Waals surface area (Å²) < 4.78 is 72.5. The molecule has 0 bridgehead atoms. The molecule has 0 amide bonds. The number of alkyl halides is 6. The minimum Gasteiger partial charge on any atom is -0.478 e. The highest BCUT2D eigenvalue weighted by molar-refractivity contribution is 9.10. The zero-order valence-electron chi connectivity index (χ0n) is 23.7. The van der Waals surface area contributed by atoms with E-state index in [1.54, 1.807) is 33.2 Å². The van der Waals surface area contributed by atoms with Gasteiger partial charge in [0.15, 0.2) is 0 Å². The minimum absolute atomic E-state index is 0.428. The number of hydrogen-bond donors (Lipinski definition) is 2. The molecule has 0 aliphatic rings. The van der Waals surface area contributed by atoms with Gasteiger partial charge in [0.1, 0.15) is 21.6 Å². The number of nitrogens with zero attached hydrogens (tertiary/aromatic N) is 4. The summed E-state index contributed by atoms with van der Waals surface area (Å²) in [6.45, 7) is 9.07. The maximum absolute atomic E-state index is 12.0. The van der Waals surface area contributed by atoms with Crippen molar-refractivity contribution >= 4 is 21.9 Å². The van der Waals surface area contributed by atoms with Crippen molar-refractivity contribution < 1.29 is 41.4 Å². The predicted molar refractivity (Wildman–Crippen MR) is 151 cm³/mol. The van der Waals surface area contributed by atoms with E-state index in [1.807, 2.05) is 38.1 Å². The lowest BCUT2D eigenvalue weighted by molar-refractivity contribution is -0.142. The molecule has 43 heavy (non-hydrogen) atoms. The van der Waals surface area contributed by atoms with Crippen LogP contribution >= 0.6 is 15.9 Å². The molecule has 4 heterocycles. The van der Waals surface area contributed by atoms with Crippen molar-refractivity contribution in [2.75, 3.05) is 0 Å². The molecule has 4 rings (SSSR count). The number of aromatic nitrogens is 4. The molecular formula is C29H29BrF6N4O3. The van der Waals surface area contributed by atoms with E-state index in [0.29, 0.717) is 11.6 Å². The topological polar surface area (TPSA) is 109 Å². The van der Waals surface area contributed by atoms with Crippen molar-refractivity contribution in [3.63, 3.8) is 0 Å². The fourth-order valence-electron chi connectivity index (χ4n) is 2.78. The lowest BCUT2D eigenvalue weighted by Crippen LogP contribution is -2.17. The molecule has 0 aliphatic heterocycles. The van der Waals surface area contributed by atoms with Crippen molar-refractivity contribution in [3.05, 3.63) is 117 Å². The molecule has 0 aromatic carbocycles. The third-order valence-electron chi connectivity index (χ3n) is 4.93. The summed E-state index contributed by atoms with van der Waals surface area (Å²) in [4.78, 5) is 24.5. The average Bonchev–Trinajstić information content (AvgIpc) is 2.88. The molecule has 4 aromatic rings. The van der Waals surface area contributed by atoms with Crippen LogP contribution in [0.3, 0.4) is 0 Å². The van der Waals surface area contributed by atoms with E-state index in [9.17, 15) is 36.2 Å². The fraction of sp³-hybridized carbons (Fsp3) is 0.276. The second-order valence-corrected chi connectivity index (χ2v) is 10.2. The summed E-state index contributed by atoms with van der Waals surface area (Å²) >= 11 is 3.25. The second-order valence-electron chi connectivity index (χ2n) is 9.38. The van der Waals surface area contributed by atoms with Crippen molar-refractivity contribution in [3.8, 4) is 0 Å². The fourth-order valence-corrected chi connectivity index (χ4v) is 3.26. The Balaban J connectivity index is 0.000000290. The number of carbonyl (C=O) groups is 1. The van der Waals surface area contributed by atoms with Crippen molar-refractivity contribution in [1.82, 2.24) is 19.9 Å². The van der Waals surface area contributed by atoms with Crippen LogP contribution in [0.4, 0.5) is 26.3 Å². The van der Waals surface area contributed by atoms with Gasteiger partial charge in [-0.2, -0.15) is 26.3 Å². The number of halogens is 7. The Morgan fingerprint density at radius 2 is 1.02 bits per heavy atom. The first-order valence-corrected chi connectivity index (χ1v) is 13.0. The van der Waals surface area contributed by atoms with Gasteiger partial charge >= 0.3 is 18.3 Å². The van der Waals surface area contributed by atoms with E-state index in [-0.39, 0.29) is 0 Å². The SMILES string of the molecule is Cc1ccnc(Br)c1.Cc1ccnc(C(C)(C)O)c1.Cc1ccnc(C(F)(F)F)c1.O=C(O)c1ccnc(C(F)(F)F)c1. The van der Waals surface area contributed by atoms with Gasteiger partial charge in [-0.1, -0.05) is 0 Å². The predicted octanol–water partition coefficient (Wildman–Crippen LogP) is 7.98. The standard InChI is InChI=1S/C9H13NO.C7H4F3NO2.C7H6F3N.C6H6BrN/c1-7-4-5-10-8(6-7)9(2,3)11;8-7(9,10)5-3-4(6(12)13)1-2-11-5;1-5-2-3-11-6(4-5)7(8,9)10;1-5-2-3-8-6(7)4-5/h4-6,11H,1-3H3;1-3H,(H,12,13);2-4H,1H3;2-4H,1H3. The van der Waals surface area contributed by atoms with Gasteiger partial charge in [0, 0.05) is 24.8 Å². The van der Waals surface area contributed by atoms with Crippen LogP contribution in [0.15, 0.2) is 77.9 Å². The Morgan fingerprint density at radius 1 is 0.651 bits per heavy atom. The zero-order chi connectivity index (χ0) is 33.0. The van der Waals surface area contributed by atoms with Crippen LogP contribution in [-0.4, -0.2) is 36.1 Å². The van der Waals surface area contributed by atoms with Crippen LogP contribution in [0.5, 0.6) is 0 Å². The average molecular weight is 675 g/mol. The molecule has 0 atom stereocenters. The van der Waals surface area contributed by atoms with Gasteiger partial charge in [0.05, 0.1) is 11.3 Å². The van der Waals surface area contributed by atoms with Crippen LogP contribution in [0.25, 0.3) is 0 Å². The first-order valence-electron chi connectivity index (χ1n) is 12.2. The van der Waals surface area contributed by atoms with Gasteiger partial charge in [-0.05, 0) is 116 Å². The van der Waals surface area contributed by atoms with Crippen molar-refractivity contribution in [1.29, 1.82) is 0 Å². The number of hydrogen-bond acceptors (Lipinski definition) is 6. The Labute approximate surface area is 252 Å². The molecule has 4 aromatic heterocycles. The molecule has 0 aliphatic carbocycles. The first kappa shape index (κ1) is 37.1. The molecular weight excluding hydrogens is 646 g/mol. The van der Waals surface area contributed by atoms with Crippen LogP contribution in [-0.2, 0) is 18.0 Å². The van der Waals surface area contributed by atoms with Crippen LogP contribution in [0, 0.1) is 20.8 Å². The van der Waals surface area contributed by atoms with E-state index in [1.165, 1.54) is 11.6 Å². The van der Waals surface area contributed by atoms with Crippen molar-refractivity contribution in [2.24, 2.45) is 0 Å². The lowest BCUT2D eigenvalue weighted by Gasteiger charge is -2.16. The number of pyridine rings is 4. The maximum Gasteiger partial charge on any atom is 0.433 e. The highest BCUT2D eigenvalue weighted by Crippen LogP contribution is 2.28. The lowest BCUT2D eigenvalue weighted by atomic mass is 10.0. The molecule has 2 N–H and O–H groups in total. The van der Waals surface area contributed by atoms with E-state index >= 15 is 0 Å². The molecule has 0 radical (unpaired) electrons. The summed E-state index contributed by atoms with van der Waals surface area (Å²) in [5.41, 5.74) is 0.340. The summed E-state index contributed by atoms with van der Waals surface area (Å²) in [5.74, 6) is -1.41. The van der Waals surface area contributed by atoms with Crippen LogP contribution in [0.2, 0.25) is 0 Å². The monoisotopic (exact) mass is 674 g/mol. The molecule has 0 spiro atoms. The highest BCUT2D eigenvalue weighted by atomic mass is 79.9. The summed E-state index contributed by atoms with van der Waals surface area (Å²) in [6, 6.07) is 11.8. The molecule has 7 nitrogen and oxygen atoms in total. The number of aryl methyl sites for hydroxylation is 3. The largest absolute Gasteiger partial charge is 0.478 e. The molecule has 232 valence electrons. The number of carboxylic acids is 1. The Bertz CT molecular complexity index is 1400. The first-order chi connectivity index (χ1) is 19.7. The van der Waals surface area contributed by atoms with Gasteiger partial charge < -0.3 is 10.2 Å². The van der Waals surface area contributed by atoms with Crippen molar-refractivity contribution in [2.45, 2.75) is 52.6 Å². The summed E-state index contributed by atoms with van der Waals surface area (Å²) in [6.07, 6.45) is -3.48. The van der Waals surface area contributed by atoms with E-state index < -0.39 is 40.9 Å². The molecule has 0 saturated carbocycles. The maximum atomic E-state index is 12.0. The van der Waals surface area contributed by atoms with Crippen LogP contribution in [0.1, 0.15) is 58.0 Å². The summed E-state index contributed by atoms with van der Waals surface area (Å²) in [7, 11) is 0.